The topological polar surface area (TPSA) is 88.5 Å². The zero-order valence-electron chi connectivity index (χ0n) is 21.7. The number of aliphatic hydroxyl groups excluding tert-OH is 1. The molecule has 1 N–H and O–H groups in total. The van der Waals surface area contributed by atoms with Crippen LogP contribution in [0, 0.1) is 6.92 Å². The molecule has 0 radical (unpaired) electrons. The first-order valence-electron chi connectivity index (χ1n) is 11.7. The highest BCUT2D eigenvalue weighted by Crippen LogP contribution is 2.44. The lowest BCUT2D eigenvalue weighted by atomic mass is 9.93. The number of aliphatic hydroxyl groups is 1. The average molecular weight is 503 g/mol. The van der Waals surface area contributed by atoms with Crippen molar-refractivity contribution in [2.24, 2.45) is 0 Å². The number of ketones is 1. The number of nitrogens with zero attached hydrogens (tertiary/aromatic N) is 2. The minimum Gasteiger partial charge on any atom is -0.507 e. The molecule has 1 unspecified atom stereocenters. The fourth-order valence-corrected chi connectivity index (χ4v) is 4.52. The van der Waals surface area contributed by atoms with E-state index in [4.69, 9.17) is 14.2 Å². The van der Waals surface area contributed by atoms with Gasteiger partial charge in [0.05, 0.1) is 32.9 Å². The molecule has 0 bridgehead atoms. The van der Waals surface area contributed by atoms with Crippen LogP contribution in [-0.2, 0) is 9.59 Å². The Balaban J connectivity index is 1.95. The fourth-order valence-electron chi connectivity index (χ4n) is 4.52. The van der Waals surface area contributed by atoms with Gasteiger partial charge in [-0.15, -0.1) is 0 Å². The van der Waals surface area contributed by atoms with Gasteiger partial charge < -0.3 is 24.2 Å². The second-order valence-corrected chi connectivity index (χ2v) is 8.88. The molecule has 1 aliphatic rings. The highest BCUT2D eigenvalue weighted by atomic mass is 16.5. The van der Waals surface area contributed by atoms with Crippen molar-refractivity contribution < 1.29 is 28.9 Å². The summed E-state index contributed by atoms with van der Waals surface area (Å²) in [6, 6.07) is 16.8. The predicted molar refractivity (Wildman–Crippen MR) is 143 cm³/mol. The van der Waals surface area contributed by atoms with Crippen molar-refractivity contribution in [3.05, 3.63) is 82.9 Å². The number of methoxy groups -OCH3 is 3. The van der Waals surface area contributed by atoms with Crippen molar-refractivity contribution in [3.63, 3.8) is 0 Å². The van der Waals surface area contributed by atoms with Gasteiger partial charge in [0.25, 0.3) is 11.7 Å². The van der Waals surface area contributed by atoms with Gasteiger partial charge >= 0.3 is 0 Å². The van der Waals surface area contributed by atoms with Gasteiger partial charge in [-0.05, 0) is 60.5 Å². The van der Waals surface area contributed by atoms with Crippen LogP contribution in [0.15, 0.2) is 66.2 Å². The molecule has 0 aromatic heterocycles. The molecule has 1 aliphatic heterocycles. The van der Waals surface area contributed by atoms with Crippen LogP contribution >= 0.6 is 0 Å². The second kappa shape index (κ2) is 10.3. The molecule has 0 spiro atoms. The monoisotopic (exact) mass is 502 g/mol. The molecule has 1 atom stereocenters. The summed E-state index contributed by atoms with van der Waals surface area (Å²) in [5.41, 5.74) is 3.22. The molecule has 3 aromatic carbocycles. The third-order valence-corrected chi connectivity index (χ3v) is 6.50. The summed E-state index contributed by atoms with van der Waals surface area (Å²) in [4.78, 5) is 30.3. The largest absolute Gasteiger partial charge is 0.507 e. The van der Waals surface area contributed by atoms with Gasteiger partial charge in [0.2, 0.25) is 0 Å². The molecule has 1 saturated heterocycles. The number of hydrogen-bond acceptors (Lipinski definition) is 7. The Morgan fingerprint density at radius 2 is 1.54 bits per heavy atom. The molecule has 1 heterocycles. The van der Waals surface area contributed by atoms with Crippen LogP contribution < -0.4 is 24.0 Å². The molecule has 0 saturated carbocycles. The number of Topliss-reactive ketones (excluding diaryl/α,β-unsaturated/α-hetero) is 1. The van der Waals surface area contributed by atoms with Crippen molar-refractivity contribution in [1.29, 1.82) is 0 Å². The Morgan fingerprint density at radius 1 is 0.865 bits per heavy atom. The number of amides is 1. The van der Waals surface area contributed by atoms with E-state index < -0.39 is 17.7 Å². The molecule has 1 fully saturated rings. The maximum Gasteiger partial charge on any atom is 0.300 e. The number of rotatable bonds is 7. The Bertz CT molecular complexity index is 1380. The van der Waals surface area contributed by atoms with Crippen molar-refractivity contribution in [2.45, 2.75) is 13.0 Å². The van der Waals surface area contributed by atoms with Crippen molar-refractivity contribution >= 4 is 28.8 Å². The average Bonchev–Trinajstić information content (AvgIpc) is 3.17. The summed E-state index contributed by atoms with van der Waals surface area (Å²) in [5, 5.41) is 11.5. The lowest BCUT2D eigenvalue weighted by Crippen LogP contribution is -2.29. The normalized spacial score (nSPS) is 16.6. The van der Waals surface area contributed by atoms with Gasteiger partial charge in [-0.2, -0.15) is 0 Å². The lowest BCUT2D eigenvalue weighted by Gasteiger charge is -2.26. The molecular formula is C29H30N2O6. The van der Waals surface area contributed by atoms with Crippen LogP contribution in [0.5, 0.6) is 17.2 Å². The van der Waals surface area contributed by atoms with E-state index in [0.29, 0.717) is 39.6 Å². The highest BCUT2D eigenvalue weighted by Gasteiger charge is 2.47. The number of benzene rings is 3. The zero-order valence-corrected chi connectivity index (χ0v) is 21.7. The minimum absolute atomic E-state index is 0.00524. The molecule has 37 heavy (non-hydrogen) atoms. The standard InChI is InChI=1S/C29H30N2O6/c1-17-15-21(35-4)12-13-22(17)27(32)25-26(18-7-9-19(10-8-18)30(2)3)31(29(34)28(25)33)20-11-14-23(36-5)24(16-20)37-6/h7-16,26,32H,1-6H3/b27-25+. The van der Waals surface area contributed by atoms with E-state index >= 15 is 0 Å². The number of aryl methyl sites for hydroxylation is 1. The first-order valence-corrected chi connectivity index (χ1v) is 11.7. The molecule has 192 valence electrons. The van der Waals surface area contributed by atoms with Gasteiger partial charge in [0.1, 0.15) is 11.5 Å². The maximum atomic E-state index is 13.5. The molecular weight excluding hydrogens is 472 g/mol. The van der Waals surface area contributed by atoms with Crippen molar-refractivity contribution in [2.75, 3.05) is 45.2 Å². The predicted octanol–water partition coefficient (Wildman–Crippen LogP) is 4.71. The molecule has 8 nitrogen and oxygen atoms in total. The summed E-state index contributed by atoms with van der Waals surface area (Å²) >= 11 is 0. The van der Waals surface area contributed by atoms with E-state index in [2.05, 4.69) is 0 Å². The molecule has 4 rings (SSSR count). The van der Waals surface area contributed by atoms with Crippen LogP contribution in [0.3, 0.4) is 0 Å². The minimum atomic E-state index is -0.865. The second-order valence-electron chi connectivity index (χ2n) is 8.88. The zero-order chi connectivity index (χ0) is 26.9. The molecule has 0 aliphatic carbocycles. The highest BCUT2D eigenvalue weighted by molar-refractivity contribution is 6.51. The van der Waals surface area contributed by atoms with Crippen LogP contribution in [0.1, 0.15) is 22.7 Å². The number of anilines is 2. The summed E-state index contributed by atoms with van der Waals surface area (Å²) < 4.78 is 16.1. The summed E-state index contributed by atoms with van der Waals surface area (Å²) in [5.74, 6) is -0.247. The molecule has 8 heteroatoms. The first kappa shape index (κ1) is 25.6. The SMILES string of the molecule is COc1ccc(/C(O)=C2\C(=O)C(=O)N(c3ccc(OC)c(OC)c3)C2c2ccc(N(C)C)cc2)c(C)c1. The first-order chi connectivity index (χ1) is 17.7. The number of carbonyl (C=O) groups excluding carboxylic acids is 2. The van der Waals surface area contributed by atoms with Gasteiger partial charge in [-0.3, -0.25) is 14.5 Å². The van der Waals surface area contributed by atoms with Gasteiger partial charge in [0.15, 0.2) is 11.5 Å². The van der Waals surface area contributed by atoms with Gasteiger partial charge in [-0.1, -0.05) is 12.1 Å². The van der Waals surface area contributed by atoms with Crippen molar-refractivity contribution in [3.8, 4) is 17.2 Å². The fraction of sp³-hybridized carbons (Fsp3) is 0.241. The van der Waals surface area contributed by atoms with E-state index in [0.717, 1.165) is 5.69 Å². The van der Waals surface area contributed by atoms with Crippen LogP contribution in [-0.4, -0.2) is 52.2 Å². The Hall–Kier alpha value is -4.46. The molecule has 1 amide bonds. The van der Waals surface area contributed by atoms with Gasteiger partial charge in [0, 0.05) is 37.1 Å². The molecule has 3 aromatic rings. The quantitative estimate of drug-likeness (QED) is 0.284. The lowest BCUT2D eigenvalue weighted by molar-refractivity contribution is -0.132. The van der Waals surface area contributed by atoms with E-state index in [9.17, 15) is 14.7 Å². The number of ether oxygens (including phenoxy) is 3. The van der Waals surface area contributed by atoms with Gasteiger partial charge in [-0.25, -0.2) is 0 Å². The van der Waals surface area contributed by atoms with Crippen molar-refractivity contribution in [1.82, 2.24) is 0 Å². The van der Waals surface area contributed by atoms with E-state index in [-0.39, 0.29) is 11.3 Å². The van der Waals surface area contributed by atoms with Crippen LogP contribution in [0.2, 0.25) is 0 Å². The third-order valence-electron chi connectivity index (χ3n) is 6.50. The Labute approximate surface area is 216 Å². The maximum absolute atomic E-state index is 13.5. The smallest absolute Gasteiger partial charge is 0.300 e. The number of carbonyl (C=O) groups is 2. The Kier molecular flexibility index (Phi) is 7.11. The van der Waals surface area contributed by atoms with Crippen LogP contribution in [0.25, 0.3) is 5.76 Å². The van der Waals surface area contributed by atoms with E-state index in [1.807, 2.05) is 50.2 Å². The number of hydrogen-bond donors (Lipinski definition) is 1. The summed E-state index contributed by atoms with van der Waals surface area (Å²) in [6.07, 6.45) is 0. The van der Waals surface area contributed by atoms with E-state index in [1.165, 1.54) is 19.1 Å². The van der Waals surface area contributed by atoms with E-state index in [1.54, 1.807) is 43.5 Å². The Morgan fingerprint density at radius 3 is 2.11 bits per heavy atom. The summed E-state index contributed by atoms with van der Waals surface area (Å²) in [6.45, 7) is 1.81. The summed E-state index contributed by atoms with van der Waals surface area (Å²) in [7, 11) is 8.43. The third kappa shape index (κ3) is 4.58. The van der Waals surface area contributed by atoms with Crippen LogP contribution in [0.4, 0.5) is 11.4 Å².